The Kier molecular flexibility index (Phi) is 2.47. The molecule has 7 heteroatoms. The van der Waals surface area contributed by atoms with E-state index in [0.29, 0.717) is 0 Å². The van der Waals surface area contributed by atoms with Gasteiger partial charge in [0.25, 0.3) is 9.05 Å². The van der Waals surface area contributed by atoms with Gasteiger partial charge in [0.1, 0.15) is 11.6 Å². The van der Waals surface area contributed by atoms with E-state index in [9.17, 15) is 12.8 Å². The molecule has 0 unspecified atom stereocenters. The molecule has 0 aromatic heterocycles. The van der Waals surface area contributed by atoms with Gasteiger partial charge in [-0.3, -0.25) is 0 Å². The second-order valence-electron chi connectivity index (χ2n) is 2.90. The lowest BCUT2D eigenvalue weighted by Crippen LogP contribution is -1.96. The number of ether oxygens (including phenoxy) is 2. The minimum Gasteiger partial charge on any atom is -0.454 e. The lowest BCUT2D eigenvalue weighted by molar-refractivity contribution is 0.172. The first-order chi connectivity index (χ1) is 7.02. The van der Waals surface area contributed by atoms with E-state index >= 15 is 0 Å². The molecule has 0 aliphatic carbocycles. The van der Waals surface area contributed by atoms with Gasteiger partial charge in [0.2, 0.25) is 6.79 Å². The van der Waals surface area contributed by atoms with Gasteiger partial charge >= 0.3 is 0 Å². The van der Waals surface area contributed by atoms with Crippen LogP contribution in [-0.2, 0) is 15.7 Å². The van der Waals surface area contributed by atoms with E-state index in [-0.39, 0.29) is 28.8 Å². The molecule has 0 atom stereocenters. The first-order valence-electron chi connectivity index (χ1n) is 3.95. The Morgan fingerprint density at radius 2 is 2.13 bits per heavy atom. The number of hydrogen-bond acceptors (Lipinski definition) is 4. The van der Waals surface area contributed by atoms with Crippen LogP contribution in [0.15, 0.2) is 17.0 Å². The van der Waals surface area contributed by atoms with Gasteiger partial charge in [0, 0.05) is 10.7 Å². The predicted molar refractivity (Wildman–Crippen MR) is 50.4 cm³/mol. The van der Waals surface area contributed by atoms with Gasteiger partial charge in [-0.2, -0.15) is 0 Å². The topological polar surface area (TPSA) is 52.6 Å². The summed E-state index contributed by atoms with van der Waals surface area (Å²) in [5.41, 5.74) is 0.179. The standard InChI is InChI=1S/C8H6ClFO4S/c9-15(11,12)7-2-5(3-10)1-6-8(7)14-4-13-6/h1-2H,3-4H2. The van der Waals surface area contributed by atoms with Crippen molar-refractivity contribution in [2.24, 2.45) is 0 Å². The zero-order chi connectivity index (χ0) is 11.1. The molecule has 0 amide bonds. The molecule has 0 saturated heterocycles. The van der Waals surface area contributed by atoms with Crippen molar-refractivity contribution in [2.45, 2.75) is 11.6 Å². The van der Waals surface area contributed by atoms with E-state index in [2.05, 4.69) is 0 Å². The molecule has 0 bridgehead atoms. The van der Waals surface area contributed by atoms with Crippen molar-refractivity contribution >= 4 is 19.7 Å². The predicted octanol–water partition coefficient (Wildman–Crippen LogP) is 1.81. The Morgan fingerprint density at radius 3 is 2.73 bits per heavy atom. The first kappa shape index (κ1) is 10.5. The van der Waals surface area contributed by atoms with E-state index in [0.717, 1.165) is 6.07 Å². The summed E-state index contributed by atoms with van der Waals surface area (Å²) < 4.78 is 44.7. The summed E-state index contributed by atoms with van der Waals surface area (Å²) in [4.78, 5) is -0.258. The van der Waals surface area contributed by atoms with Crippen molar-refractivity contribution in [3.05, 3.63) is 17.7 Å². The fourth-order valence-electron chi connectivity index (χ4n) is 1.29. The minimum atomic E-state index is -3.96. The second-order valence-corrected chi connectivity index (χ2v) is 5.43. The summed E-state index contributed by atoms with van der Waals surface area (Å²) in [7, 11) is 1.23. The van der Waals surface area contributed by atoms with Crippen LogP contribution >= 0.6 is 10.7 Å². The minimum absolute atomic E-state index is 0.0437. The van der Waals surface area contributed by atoms with Gasteiger partial charge in [0.15, 0.2) is 11.5 Å². The number of hydrogen-bond donors (Lipinski definition) is 0. The van der Waals surface area contributed by atoms with Crippen LogP contribution < -0.4 is 9.47 Å². The van der Waals surface area contributed by atoms with E-state index in [4.69, 9.17) is 20.2 Å². The van der Waals surface area contributed by atoms with Gasteiger partial charge in [-0.25, -0.2) is 12.8 Å². The van der Waals surface area contributed by atoms with Gasteiger partial charge in [-0.1, -0.05) is 0 Å². The normalized spacial score (nSPS) is 14.3. The Labute approximate surface area is 90.0 Å². The maximum absolute atomic E-state index is 12.4. The molecule has 1 aromatic rings. The summed E-state index contributed by atoms with van der Waals surface area (Å²) >= 11 is 0. The van der Waals surface area contributed by atoms with Crippen LogP contribution in [0, 0.1) is 0 Å². The highest BCUT2D eigenvalue weighted by atomic mass is 35.7. The van der Waals surface area contributed by atoms with Crippen LogP contribution in [-0.4, -0.2) is 15.2 Å². The van der Waals surface area contributed by atoms with E-state index in [1.54, 1.807) is 0 Å². The van der Waals surface area contributed by atoms with Crippen molar-refractivity contribution in [3.8, 4) is 11.5 Å². The van der Waals surface area contributed by atoms with Crippen LogP contribution in [0.3, 0.4) is 0 Å². The molecule has 1 aliphatic heterocycles. The zero-order valence-corrected chi connectivity index (χ0v) is 8.94. The molecule has 2 rings (SSSR count). The van der Waals surface area contributed by atoms with Crippen molar-refractivity contribution in [3.63, 3.8) is 0 Å². The number of alkyl halides is 1. The van der Waals surface area contributed by atoms with Crippen molar-refractivity contribution in [1.82, 2.24) is 0 Å². The molecule has 0 saturated carbocycles. The molecule has 82 valence electrons. The van der Waals surface area contributed by atoms with Gasteiger partial charge in [0.05, 0.1) is 0 Å². The van der Waals surface area contributed by atoms with Crippen LogP contribution in [0.5, 0.6) is 11.5 Å². The second kappa shape index (κ2) is 3.53. The SMILES string of the molecule is O=S(=O)(Cl)c1cc(CF)cc2c1OCO2. The third-order valence-electron chi connectivity index (χ3n) is 1.92. The third kappa shape index (κ3) is 1.87. The first-order valence-corrected chi connectivity index (χ1v) is 6.26. The van der Waals surface area contributed by atoms with Gasteiger partial charge < -0.3 is 9.47 Å². The highest BCUT2D eigenvalue weighted by Gasteiger charge is 2.26. The molecular weight excluding hydrogens is 247 g/mol. The molecule has 1 aromatic carbocycles. The Balaban J connectivity index is 2.68. The number of benzene rings is 1. The molecule has 15 heavy (non-hydrogen) atoms. The average molecular weight is 253 g/mol. The van der Waals surface area contributed by atoms with Crippen LogP contribution in [0.1, 0.15) is 5.56 Å². The summed E-state index contributed by atoms with van der Waals surface area (Å²) in [6.45, 7) is -0.888. The van der Waals surface area contributed by atoms with Crippen molar-refractivity contribution < 1.29 is 22.3 Å². The van der Waals surface area contributed by atoms with Crippen molar-refractivity contribution in [1.29, 1.82) is 0 Å². The zero-order valence-electron chi connectivity index (χ0n) is 7.37. The molecule has 0 N–H and O–H groups in total. The number of fused-ring (bicyclic) bond motifs is 1. The van der Waals surface area contributed by atoms with E-state index < -0.39 is 15.7 Å². The fraction of sp³-hybridized carbons (Fsp3) is 0.250. The monoisotopic (exact) mass is 252 g/mol. The highest BCUT2D eigenvalue weighted by molar-refractivity contribution is 8.13. The Hall–Kier alpha value is -1.01. The lowest BCUT2D eigenvalue weighted by Gasteiger charge is -2.04. The summed E-state index contributed by atoms with van der Waals surface area (Å²) in [5.74, 6) is 0.242. The van der Waals surface area contributed by atoms with Gasteiger partial charge in [-0.15, -0.1) is 0 Å². The van der Waals surface area contributed by atoms with Gasteiger partial charge in [-0.05, 0) is 17.7 Å². The Bertz CT molecular complexity index is 500. The summed E-state index contributed by atoms with van der Waals surface area (Å²) in [5, 5.41) is 0. The highest BCUT2D eigenvalue weighted by Crippen LogP contribution is 2.40. The van der Waals surface area contributed by atoms with Crippen LogP contribution in [0.2, 0.25) is 0 Å². The molecule has 1 heterocycles. The molecule has 0 spiro atoms. The molecule has 0 radical (unpaired) electrons. The van der Waals surface area contributed by atoms with E-state index in [1.165, 1.54) is 6.07 Å². The third-order valence-corrected chi connectivity index (χ3v) is 3.24. The largest absolute Gasteiger partial charge is 0.454 e. The lowest BCUT2D eigenvalue weighted by atomic mass is 10.2. The molecular formula is C8H6ClFO4S. The van der Waals surface area contributed by atoms with E-state index in [1.807, 2.05) is 0 Å². The summed E-state index contributed by atoms with van der Waals surface area (Å²) in [6, 6.07) is 2.52. The molecule has 0 fully saturated rings. The molecule has 1 aliphatic rings. The average Bonchev–Trinajstić information content (AvgIpc) is 2.61. The van der Waals surface area contributed by atoms with Crippen LogP contribution in [0.25, 0.3) is 0 Å². The maximum Gasteiger partial charge on any atom is 0.265 e. The fourth-order valence-corrected chi connectivity index (χ4v) is 2.31. The van der Waals surface area contributed by atoms with Crippen molar-refractivity contribution in [2.75, 3.05) is 6.79 Å². The smallest absolute Gasteiger partial charge is 0.265 e. The molecule has 4 nitrogen and oxygen atoms in total. The summed E-state index contributed by atoms with van der Waals surface area (Å²) in [6.07, 6.45) is 0. The maximum atomic E-state index is 12.4. The quantitative estimate of drug-likeness (QED) is 0.754. The number of rotatable bonds is 2. The number of halogens is 2. The van der Waals surface area contributed by atoms with Crippen LogP contribution in [0.4, 0.5) is 4.39 Å². The Morgan fingerprint density at radius 1 is 1.40 bits per heavy atom.